The minimum absolute atomic E-state index is 0.00974. The number of amidine groups is 1. The number of methoxy groups -OCH3 is 1. The van der Waals surface area contributed by atoms with Crippen LogP contribution in [0.1, 0.15) is 19.8 Å². The summed E-state index contributed by atoms with van der Waals surface area (Å²) in [5.41, 5.74) is 0.249. The van der Waals surface area contributed by atoms with Crippen molar-refractivity contribution in [3.05, 3.63) is 76.4 Å². The van der Waals surface area contributed by atoms with E-state index in [2.05, 4.69) is 32.8 Å². The Balaban J connectivity index is 1.59. The zero-order valence-electron chi connectivity index (χ0n) is 18.9. The Hall–Kier alpha value is -4.25. The molecule has 0 bridgehead atoms. The standard InChI is InChI=1S/C23H26N8O3/c1-14(22(32)28-15-9-10-17(15)34-3)21-29-19(13-18(24)31(21)25-2)27-16-7-6-12-30(23(16)33)20-8-4-5-11-26-20/h4-8,11-13,15,17,24,27,29H,2,9-10H2,1,3H3,(H,28,32)/b21-14+,24-18?/t15-,17-/m1/s1. The van der Waals surface area contributed by atoms with Crippen molar-refractivity contribution >= 4 is 24.1 Å². The smallest absolute Gasteiger partial charge is 0.279 e. The molecule has 2 aliphatic rings. The number of carbonyl (C=O) groups excluding carboxylic acids is 1. The number of hydrogen-bond donors (Lipinski definition) is 4. The molecule has 1 fully saturated rings. The van der Waals surface area contributed by atoms with Gasteiger partial charge >= 0.3 is 0 Å². The van der Waals surface area contributed by atoms with Crippen molar-refractivity contribution in [1.29, 1.82) is 5.41 Å². The monoisotopic (exact) mass is 462 g/mol. The summed E-state index contributed by atoms with van der Waals surface area (Å²) < 4.78 is 6.76. The number of pyridine rings is 2. The number of amides is 1. The molecule has 2 atom stereocenters. The summed E-state index contributed by atoms with van der Waals surface area (Å²) in [5, 5.41) is 22.4. The molecule has 2 aromatic rings. The van der Waals surface area contributed by atoms with Crippen LogP contribution >= 0.6 is 0 Å². The van der Waals surface area contributed by atoms with Crippen molar-refractivity contribution in [2.45, 2.75) is 31.9 Å². The highest BCUT2D eigenvalue weighted by atomic mass is 16.5. The quantitative estimate of drug-likeness (QED) is 0.362. The number of rotatable bonds is 7. The highest BCUT2D eigenvalue weighted by Gasteiger charge is 2.33. The number of anilines is 1. The first kappa shape index (κ1) is 22.9. The largest absolute Gasteiger partial charge is 0.379 e. The summed E-state index contributed by atoms with van der Waals surface area (Å²) in [6.45, 7) is 5.14. The first-order chi connectivity index (χ1) is 16.4. The Morgan fingerprint density at radius 1 is 1.32 bits per heavy atom. The van der Waals surface area contributed by atoms with Gasteiger partial charge in [0.05, 0.1) is 17.7 Å². The first-order valence-corrected chi connectivity index (χ1v) is 10.7. The highest BCUT2D eigenvalue weighted by molar-refractivity contribution is 5.98. The van der Waals surface area contributed by atoms with Crippen LogP contribution in [0.3, 0.4) is 0 Å². The van der Waals surface area contributed by atoms with Crippen LogP contribution < -0.4 is 21.5 Å². The van der Waals surface area contributed by atoms with E-state index in [-0.39, 0.29) is 41.0 Å². The van der Waals surface area contributed by atoms with Crippen molar-refractivity contribution < 1.29 is 9.53 Å². The average Bonchev–Trinajstić information content (AvgIpc) is 2.83. The van der Waals surface area contributed by atoms with E-state index in [1.54, 1.807) is 56.8 Å². The zero-order chi connectivity index (χ0) is 24.2. The van der Waals surface area contributed by atoms with Crippen LogP contribution in [0.25, 0.3) is 5.82 Å². The molecule has 3 heterocycles. The third-order valence-electron chi connectivity index (χ3n) is 5.75. The molecular formula is C23H26N8O3. The van der Waals surface area contributed by atoms with Gasteiger partial charge < -0.3 is 20.7 Å². The Labute approximate surface area is 196 Å². The van der Waals surface area contributed by atoms with Gasteiger partial charge in [-0.1, -0.05) is 6.07 Å². The summed E-state index contributed by atoms with van der Waals surface area (Å²) in [6, 6.07) is 8.56. The van der Waals surface area contributed by atoms with Gasteiger partial charge in [-0.3, -0.25) is 19.6 Å². The van der Waals surface area contributed by atoms with Gasteiger partial charge in [-0.15, -0.1) is 0 Å². The van der Waals surface area contributed by atoms with Gasteiger partial charge in [-0.2, -0.15) is 10.1 Å². The lowest BCUT2D eigenvalue weighted by Crippen LogP contribution is -2.52. The Morgan fingerprint density at radius 2 is 2.15 bits per heavy atom. The molecule has 11 heteroatoms. The zero-order valence-corrected chi connectivity index (χ0v) is 18.9. The maximum Gasteiger partial charge on any atom is 0.279 e. The lowest BCUT2D eigenvalue weighted by Gasteiger charge is -2.36. The molecule has 2 aromatic heterocycles. The molecule has 1 aliphatic carbocycles. The minimum atomic E-state index is -0.324. The second kappa shape index (κ2) is 9.71. The van der Waals surface area contributed by atoms with Crippen LogP contribution in [-0.2, 0) is 9.53 Å². The number of nitrogens with zero attached hydrogens (tertiary/aromatic N) is 4. The predicted molar refractivity (Wildman–Crippen MR) is 128 cm³/mol. The summed E-state index contributed by atoms with van der Waals surface area (Å²) in [5.74, 6) is 0.736. The molecule has 0 spiro atoms. The van der Waals surface area contributed by atoms with Crippen LogP contribution in [0.4, 0.5) is 5.69 Å². The molecule has 0 saturated heterocycles. The van der Waals surface area contributed by atoms with Crippen molar-refractivity contribution in [2.24, 2.45) is 5.10 Å². The molecule has 4 N–H and O–H groups in total. The topological polar surface area (TPSA) is 137 Å². The van der Waals surface area contributed by atoms with E-state index in [9.17, 15) is 9.59 Å². The average molecular weight is 463 g/mol. The van der Waals surface area contributed by atoms with Crippen molar-refractivity contribution in [2.75, 3.05) is 12.4 Å². The number of hydrazone groups is 1. The number of ether oxygens (including phenoxy) is 1. The molecule has 0 radical (unpaired) electrons. The van der Waals surface area contributed by atoms with E-state index < -0.39 is 0 Å². The van der Waals surface area contributed by atoms with Gasteiger partial charge in [0.2, 0.25) is 0 Å². The van der Waals surface area contributed by atoms with Crippen LogP contribution in [-0.4, -0.2) is 52.3 Å². The van der Waals surface area contributed by atoms with E-state index in [0.29, 0.717) is 17.2 Å². The number of nitrogens with one attached hydrogen (secondary N) is 4. The molecule has 0 unspecified atom stereocenters. The molecule has 1 aliphatic heterocycles. The van der Waals surface area contributed by atoms with Crippen molar-refractivity contribution in [3.63, 3.8) is 0 Å². The SMILES string of the molecule is C=NN1C(=N)C=C(Nc2cccn(-c3ccccn3)c2=O)N/C1=C(/C)C(=O)N[C@@H]1CC[C@H]1OC. The van der Waals surface area contributed by atoms with Gasteiger partial charge in [-0.25, -0.2) is 4.98 Å². The second-order valence-corrected chi connectivity index (χ2v) is 7.84. The van der Waals surface area contributed by atoms with E-state index >= 15 is 0 Å². The minimum Gasteiger partial charge on any atom is -0.379 e. The normalized spacial score (nSPS) is 21.1. The van der Waals surface area contributed by atoms with Gasteiger partial charge in [-0.05, 0) is 44.0 Å². The number of hydrogen-bond acceptors (Lipinski definition) is 8. The summed E-state index contributed by atoms with van der Waals surface area (Å²) in [7, 11) is 1.62. The third-order valence-corrected chi connectivity index (χ3v) is 5.75. The maximum absolute atomic E-state index is 13.0. The fraction of sp³-hybridized carbons (Fsp3) is 0.261. The van der Waals surface area contributed by atoms with Crippen molar-refractivity contribution in [3.8, 4) is 5.82 Å². The Kier molecular flexibility index (Phi) is 6.55. The van der Waals surface area contributed by atoms with Gasteiger partial charge in [0.1, 0.15) is 23.1 Å². The van der Waals surface area contributed by atoms with Crippen molar-refractivity contribution in [1.82, 2.24) is 25.2 Å². The lowest BCUT2D eigenvalue weighted by molar-refractivity contribution is -0.120. The van der Waals surface area contributed by atoms with Crippen LogP contribution in [0.15, 0.2) is 75.9 Å². The fourth-order valence-corrected chi connectivity index (χ4v) is 3.71. The molecule has 0 aromatic carbocycles. The number of aromatic nitrogens is 2. The maximum atomic E-state index is 13.0. The van der Waals surface area contributed by atoms with E-state index in [4.69, 9.17) is 10.1 Å². The summed E-state index contributed by atoms with van der Waals surface area (Å²) in [4.78, 5) is 30.1. The van der Waals surface area contributed by atoms with Crippen LogP contribution in [0.5, 0.6) is 0 Å². The molecule has 176 valence electrons. The van der Waals surface area contributed by atoms with Gasteiger partial charge in [0, 0.05) is 32.3 Å². The predicted octanol–water partition coefficient (Wildman–Crippen LogP) is 1.51. The van der Waals surface area contributed by atoms with E-state index in [1.165, 1.54) is 15.7 Å². The molecule has 1 amide bonds. The van der Waals surface area contributed by atoms with Crippen LogP contribution in [0.2, 0.25) is 0 Å². The van der Waals surface area contributed by atoms with Gasteiger partial charge in [0.15, 0.2) is 5.84 Å². The molecule has 1 saturated carbocycles. The third kappa shape index (κ3) is 4.46. The lowest BCUT2D eigenvalue weighted by atomic mass is 9.89. The Morgan fingerprint density at radius 3 is 2.79 bits per heavy atom. The summed E-state index contributed by atoms with van der Waals surface area (Å²) >= 11 is 0. The Bertz CT molecular complexity index is 1230. The van der Waals surface area contributed by atoms with Gasteiger partial charge in [0.25, 0.3) is 11.5 Å². The molecule has 4 rings (SSSR count). The second-order valence-electron chi connectivity index (χ2n) is 7.84. The van der Waals surface area contributed by atoms with E-state index in [1.807, 2.05) is 0 Å². The summed E-state index contributed by atoms with van der Waals surface area (Å²) in [6.07, 6.45) is 6.40. The molecular weight excluding hydrogens is 436 g/mol. The fourth-order valence-electron chi connectivity index (χ4n) is 3.71. The van der Waals surface area contributed by atoms with E-state index in [0.717, 1.165) is 12.8 Å². The van der Waals surface area contributed by atoms with Crippen LogP contribution in [0, 0.1) is 5.41 Å². The number of carbonyl (C=O) groups is 1. The molecule has 34 heavy (non-hydrogen) atoms. The highest BCUT2D eigenvalue weighted by Crippen LogP contribution is 2.24. The first-order valence-electron chi connectivity index (χ1n) is 10.7. The molecule has 11 nitrogen and oxygen atoms in total.